The molecule has 3 amide bonds. The molecular formula is C13H15N3O4S. The molecule has 2 rings (SSSR count). The Balaban J connectivity index is 1.80. The summed E-state index contributed by atoms with van der Waals surface area (Å²) in [5.74, 6) is -0.915. The van der Waals surface area contributed by atoms with Crippen LogP contribution in [0.5, 0.6) is 0 Å². The fourth-order valence-corrected chi connectivity index (χ4v) is 2.50. The molecule has 0 radical (unpaired) electrons. The summed E-state index contributed by atoms with van der Waals surface area (Å²) in [5.41, 5.74) is 5.69. The van der Waals surface area contributed by atoms with E-state index in [1.165, 1.54) is 0 Å². The third-order valence-electron chi connectivity index (χ3n) is 2.69. The molecular weight excluding hydrogens is 294 g/mol. The predicted octanol–water partition coefficient (Wildman–Crippen LogP) is 0.522. The lowest BCUT2D eigenvalue weighted by Gasteiger charge is -2.24. The zero-order valence-corrected chi connectivity index (χ0v) is 12.1. The van der Waals surface area contributed by atoms with Crippen molar-refractivity contribution in [3.05, 3.63) is 35.9 Å². The van der Waals surface area contributed by atoms with Crippen molar-refractivity contribution in [3.63, 3.8) is 0 Å². The van der Waals surface area contributed by atoms with E-state index in [1.807, 2.05) is 30.3 Å². The van der Waals surface area contributed by atoms with Crippen LogP contribution in [0, 0.1) is 0 Å². The van der Waals surface area contributed by atoms with Gasteiger partial charge >= 0.3 is 12.0 Å². The van der Waals surface area contributed by atoms with Crippen LogP contribution >= 0.6 is 11.8 Å². The van der Waals surface area contributed by atoms with Crippen molar-refractivity contribution in [2.75, 3.05) is 0 Å². The number of hydrogen-bond acceptors (Lipinski definition) is 6. The highest BCUT2D eigenvalue weighted by atomic mass is 32.2. The number of carbonyl (C=O) groups excluding carboxylic acids is 3. The zero-order chi connectivity index (χ0) is 15.2. The third-order valence-corrected chi connectivity index (χ3v) is 3.89. The van der Waals surface area contributed by atoms with Crippen LogP contribution < -0.4 is 16.2 Å². The second-order valence-electron chi connectivity index (χ2n) is 4.34. The molecule has 1 aromatic rings. The molecule has 1 aliphatic rings. The number of amides is 3. The number of hydrazine groups is 1. The molecule has 1 heterocycles. The highest BCUT2D eigenvalue weighted by Gasteiger charge is 2.30. The van der Waals surface area contributed by atoms with Crippen molar-refractivity contribution in [1.82, 2.24) is 16.2 Å². The summed E-state index contributed by atoms with van der Waals surface area (Å²) in [4.78, 5) is 34.3. The second-order valence-corrected chi connectivity index (χ2v) is 5.79. The van der Waals surface area contributed by atoms with Gasteiger partial charge in [0.25, 0.3) is 5.91 Å². The lowest BCUT2D eigenvalue weighted by molar-refractivity contribution is -0.143. The molecule has 7 nitrogen and oxygen atoms in total. The predicted molar refractivity (Wildman–Crippen MR) is 76.9 cm³/mol. The van der Waals surface area contributed by atoms with Gasteiger partial charge in [0.05, 0.1) is 0 Å². The number of benzene rings is 1. The summed E-state index contributed by atoms with van der Waals surface area (Å²) in [7, 11) is 0. The topological polar surface area (TPSA) is 96.5 Å². The molecule has 2 atom stereocenters. The average Bonchev–Trinajstić information content (AvgIpc) is 2.48. The van der Waals surface area contributed by atoms with Crippen LogP contribution in [0.25, 0.3) is 0 Å². The lowest BCUT2D eigenvalue weighted by atomic mass is 10.2. The molecule has 0 aliphatic carbocycles. The molecule has 21 heavy (non-hydrogen) atoms. The molecule has 2 unspecified atom stereocenters. The van der Waals surface area contributed by atoms with Gasteiger partial charge in [-0.25, -0.2) is 10.2 Å². The molecule has 1 saturated heterocycles. The zero-order valence-electron chi connectivity index (χ0n) is 11.3. The van der Waals surface area contributed by atoms with Crippen molar-refractivity contribution < 1.29 is 19.1 Å². The average molecular weight is 309 g/mol. The maximum Gasteiger partial charge on any atom is 0.335 e. The Morgan fingerprint density at radius 2 is 2.05 bits per heavy atom. The Kier molecular flexibility index (Phi) is 5.18. The van der Waals surface area contributed by atoms with E-state index in [4.69, 9.17) is 4.74 Å². The summed E-state index contributed by atoms with van der Waals surface area (Å²) >= 11 is 1.06. The van der Waals surface area contributed by atoms with E-state index < -0.39 is 28.5 Å². The molecule has 112 valence electrons. The van der Waals surface area contributed by atoms with Gasteiger partial charge in [0.15, 0.2) is 5.37 Å². The molecule has 0 saturated carbocycles. The van der Waals surface area contributed by atoms with E-state index in [-0.39, 0.29) is 6.61 Å². The van der Waals surface area contributed by atoms with Crippen LogP contribution in [0.4, 0.5) is 4.79 Å². The number of thioether (sulfide) groups is 1. The fourth-order valence-electron chi connectivity index (χ4n) is 1.61. The normalized spacial score (nSPS) is 19.4. The van der Waals surface area contributed by atoms with Crippen molar-refractivity contribution >= 4 is 29.7 Å². The molecule has 1 fully saturated rings. The SMILES string of the molecule is CC(SC1NNC(=O)NC1=O)C(=O)OCc1ccccc1. The lowest BCUT2D eigenvalue weighted by Crippen LogP contribution is -2.61. The smallest absolute Gasteiger partial charge is 0.335 e. The van der Waals surface area contributed by atoms with Gasteiger partial charge < -0.3 is 4.74 Å². The van der Waals surface area contributed by atoms with Gasteiger partial charge in [0.2, 0.25) is 0 Å². The number of urea groups is 1. The first-order chi connectivity index (χ1) is 10.1. The summed E-state index contributed by atoms with van der Waals surface area (Å²) < 4.78 is 5.18. The van der Waals surface area contributed by atoms with Gasteiger partial charge in [-0.15, -0.1) is 11.8 Å². The van der Waals surface area contributed by atoms with E-state index in [1.54, 1.807) is 6.92 Å². The Bertz CT molecular complexity index is 537. The van der Waals surface area contributed by atoms with Crippen molar-refractivity contribution in [2.24, 2.45) is 0 Å². The minimum atomic E-state index is -0.734. The van der Waals surface area contributed by atoms with Crippen LogP contribution in [0.1, 0.15) is 12.5 Å². The van der Waals surface area contributed by atoms with Gasteiger partial charge in [-0.05, 0) is 12.5 Å². The minimum absolute atomic E-state index is 0.186. The van der Waals surface area contributed by atoms with Crippen molar-refractivity contribution in [2.45, 2.75) is 24.2 Å². The van der Waals surface area contributed by atoms with Crippen molar-refractivity contribution in [1.29, 1.82) is 0 Å². The van der Waals surface area contributed by atoms with E-state index >= 15 is 0 Å². The van der Waals surface area contributed by atoms with Gasteiger partial charge in [-0.2, -0.15) is 0 Å². The highest BCUT2D eigenvalue weighted by Crippen LogP contribution is 2.18. The van der Waals surface area contributed by atoms with Crippen LogP contribution in [-0.4, -0.2) is 28.5 Å². The number of esters is 1. The maximum atomic E-state index is 11.9. The van der Waals surface area contributed by atoms with Gasteiger partial charge in [0.1, 0.15) is 11.9 Å². The fraction of sp³-hybridized carbons (Fsp3) is 0.308. The van der Waals surface area contributed by atoms with Crippen LogP contribution in [-0.2, 0) is 20.9 Å². The second kappa shape index (κ2) is 7.09. The Morgan fingerprint density at radius 3 is 2.71 bits per heavy atom. The van der Waals surface area contributed by atoms with Crippen LogP contribution in [0.3, 0.4) is 0 Å². The molecule has 0 aromatic heterocycles. The number of hydrogen-bond donors (Lipinski definition) is 3. The van der Waals surface area contributed by atoms with E-state index in [0.717, 1.165) is 17.3 Å². The molecule has 0 bridgehead atoms. The molecule has 3 N–H and O–H groups in total. The summed E-state index contributed by atoms with van der Waals surface area (Å²) in [5, 5.41) is 0.824. The molecule has 1 aliphatic heterocycles. The molecule has 0 spiro atoms. The first-order valence-corrected chi connectivity index (χ1v) is 7.23. The number of rotatable bonds is 5. The van der Waals surface area contributed by atoms with E-state index in [0.29, 0.717) is 0 Å². The monoisotopic (exact) mass is 309 g/mol. The minimum Gasteiger partial charge on any atom is -0.460 e. The summed E-state index contributed by atoms with van der Waals surface area (Å²) in [6, 6.07) is 8.70. The van der Waals surface area contributed by atoms with E-state index in [2.05, 4.69) is 16.2 Å². The summed E-state index contributed by atoms with van der Waals surface area (Å²) in [6.07, 6.45) is 0. The standard InChI is InChI=1S/C13H15N3O4S/c1-8(21-11-10(17)14-13(19)16-15-11)12(18)20-7-9-5-3-2-4-6-9/h2-6,8,11,15H,7H2,1H3,(H2,14,16,17,19). The van der Waals surface area contributed by atoms with Crippen LogP contribution in [0.15, 0.2) is 30.3 Å². The largest absolute Gasteiger partial charge is 0.460 e. The van der Waals surface area contributed by atoms with Crippen LogP contribution in [0.2, 0.25) is 0 Å². The van der Waals surface area contributed by atoms with Gasteiger partial charge in [-0.1, -0.05) is 30.3 Å². The number of nitrogens with one attached hydrogen (secondary N) is 3. The van der Waals surface area contributed by atoms with Crippen molar-refractivity contribution in [3.8, 4) is 0 Å². The molecule has 1 aromatic carbocycles. The number of ether oxygens (including phenoxy) is 1. The first-order valence-electron chi connectivity index (χ1n) is 6.28. The van der Waals surface area contributed by atoms with E-state index in [9.17, 15) is 14.4 Å². The Hall–Kier alpha value is -2.06. The van der Waals surface area contributed by atoms with Gasteiger partial charge in [-0.3, -0.25) is 20.3 Å². The Morgan fingerprint density at radius 1 is 1.33 bits per heavy atom. The third kappa shape index (κ3) is 4.47. The first kappa shape index (κ1) is 15.3. The number of carbonyl (C=O) groups is 3. The molecule has 8 heteroatoms. The quantitative estimate of drug-likeness (QED) is 0.686. The number of imide groups is 1. The Labute approximate surface area is 125 Å². The van der Waals surface area contributed by atoms with Gasteiger partial charge in [0, 0.05) is 0 Å². The maximum absolute atomic E-state index is 11.9. The summed E-state index contributed by atoms with van der Waals surface area (Å²) in [6.45, 7) is 1.83. The highest BCUT2D eigenvalue weighted by molar-refractivity contribution is 8.01.